The molecule has 0 radical (unpaired) electrons. The van der Waals surface area contributed by atoms with Crippen molar-refractivity contribution in [2.75, 3.05) is 6.54 Å². The molecule has 1 heterocycles. The molecular weight excluding hydrogens is 246 g/mol. The van der Waals surface area contributed by atoms with E-state index >= 15 is 0 Å². The largest absolute Gasteiger partial charge is 0.483 e. The van der Waals surface area contributed by atoms with Gasteiger partial charge in [0.05, 0.1) is 0 Å². The van der Waals surface area contributed by atoms with Crippen LogP contribution in [0.4, 0.5) is 4.79 Å². The Hall–Kier alpha value is -1.26. The molecule has 0 aliphatic carbocycles. The Kier molecular flexibility index (Phi) is 11.2. The second-order valence-electron chi connectivity index (χ2n) is 5.48. The number of ether oxygens (including phenoxy) is 1. The lowest BCUT2D eigenvalue weighted by molar-refractivity contribution is -0.122. The van der Waals surface area contributed by atoms with Gasteiger partial charge in [-0.05, 0) is 40.5 Å². The molecule has 5 nitrogen and oxygen atoms in total. The number of rotatable bonds is 0. The highest BCUT2D eigenvalue weighted by atomic mass is 16.6. The third-order valence-electron chi connectivity index (χ3n) is 2.18. The van der Waals surface area contributed by atoms with Crippen LogP contribution in [0.25, 0.3) is 0 Å². The van der Waals surface area contributed by atoms with Crippen molar-refractivity contribution in [2.45, 2.75) is 72.4 Å². The molecule has 0 spiro atoms. The molecule has 1 atom stereocenters. The van der Waals surface area contributed by atoms with Gasteiger partial charge in [0.15, 0.2) is 0 Å². The molecule has 19 heavy (non-hydrogen) atoms. The fraction of sp³-hybridized carbons (Fsp3) is 0.857. The zero-order valence-electron chi connectivity index (χ0n) is 13.1. The smallest absolute Gasteiger partial charge is 0.410 e. The number of hydrogen-bond donors (Lipinski definition) is 1. The van der Waals surface area contributed by atoms with Gasteiger partial charge in [-0.25, -0.2) is 4.79 Å². The summed E-state index contributed by atoms with van der Waals surface area (Å²) in [6, 6.07) is 0.342. The summed E-state index contributed by atoms with van der Waals surface area (Å²) in [5.74, 6) is 0. The zero-order chi connectivity index (χ0) is 15.5. The van der Waals surface area contributed by atoms with Crippen molar-refractivity contribution in [3.05, 3.63) is 0 Å². The van der Waals surface area contributed by atoms with Gasteiger partial charge in [-0.2, -0.15) is 0 Å². The Labute approximate surface area is 116 Å². The fourth-order valence-electron chi connectivity index (χ4n) is 1.53. The van der Waals surface area contributed by atoms with Crippen LogP contribution in [-0.4, -0.2) is 40.8 Å². The predicted octanol–water partition coefficient (Wildman–Crippen LogP) is 3.52. The molecule has 1 saturated heterocycles. The summed E-state index contributed by atoms with van der Waals surface area (Å²) >= 11 is 0. The minimum absolute atomic E-state index is 0.169. The maximum Gasteiger partial charge on any atom is 0.410 e. The van der Waals surface area contributed by atoms with Crippen molar-refractivity contribution in [3.63, 3.8) is 0 Å². The Bertz CT molecular complexity index is 248. The van der Waals surface area contributed by atoms with E-state index in [-0.39, 0.29) is 18.2 Å². The van der Waals surface area contributed by atoms with Crippen molar-refractivity contribution in [2.24, 2.45) is 0 Å². The van der Waals surface area contributed by atoms with Crippen LogP contribution >= 0.6 is 0 Å². The Morgan fingerprint density at radius 1 is 1.42 bits per heavy atom. The molecule has 1 aliphatic rings. The molecule has 1 aliphatic heterocycles. The molecule has 1 amide bonds. The molecule has 0 aromatic heterocycles. The van der Waals surface area contributed by atoms with Crippen LogP contribution in [-0.2, 0) is 9.53 Å². The summed E-state index contributed by atoms with van der Waals surface area (Å²) in [5, 5.41) is 6.89. The van der Waals surface area contributed by atoms with Crippen molar-refractivity contribution >= 4 is 12.6 Å². The van der Waals surface area contributed by atoms with Crippen LogP contribution in [0.1, 0.15) is 60.8 Å². The number of likely N-dealkylation sites (tertiary alicyclic amines) is 1. The number of nitrogens with zero attached hydrogens (tertiary/aromatic N) is 1. The van der Waals surface area contributed by atoms with Gasteiger partial charge in [0.1, 0.15) is 5.60 Å². The van der Waals surface area contributed by atoms with Crippen LogP contribution < -0.4 is 0 Å². The summed E-state index contributed by atoms with van der Waals surface area (Å²) in [5.41, 5.74) is -0.376. The van der Waals surface area contributed by atoms with Crippen molar-refractivity contribution in [1.82, 2.24) is 4.90 Å². The van der Waals surface area contributed by atoms with Crippen LogP contribution in [0.3, 0.4) is 0 Å². The van der Waals surface area contributed by atoms with Crippen LogP contribution in [0.2, 0.25) is 0 Å². The third kappa shape index (κ3) is 11.6. The molecule has 0 bridgehead atoms. The normalized spacial score (nSPS) is 17.6. The lowest BCUT2D eigenvalue weighted by Crippen LogP contribution is -2.38. The average molecular weight is 275 g/mol. The number of hydrogen-bond acceptors (Lipinski definition) is 3. The molecule has 0 saturated carbocycles. The fourth-order valence-corrected chi connectivity index (χ4v) is 1.53. The van der Waals surface area contributed by atoms with E-state index < -0.39 is 0 Å². The summed E-state index contributed by atoms with van der Waals surface area (Å²) < 4.78 is 5.28. The number of carbonyl (C=O) groups is 2. The second kappa shape index (κ2) is 10.6. The maximum atomic E-state index is 11.6. The lowest BCUT2D eigenvalue weighted by atomic mass is 10.2. The first-order valence-electron chi connectivity index (χ1n) is 6.80. The first kappa shape index (κ1) is 20.1. The Morgan fingerprint density at radius 3 is 2.11 bits per heavy atom. The monoisotopic (exact) mass is 275 g/mol. The molecule has 1 rings (SSSR count). The van der Waals surface area contributed by atoms with E-state index in [1.54, 1.807) is 0 Å². The van der Waals surface area contributed by atoms with E-state index in [1.165, 1.54) is 6.42 Å². The molecule has 1 unspecified atom stereocenters. The highest BCUT2D eigenvalue weighted by Gasteiger charge is 2.28. The Balaban J connectivity index is 0. The predicted molar refractivity (Wildman–Crippen MR) is 76.3 cm³/mol. The topological polar surface area (TPSA) is 66.8 Å². The van der Waals surface area contributed by atoms with Gasteiger partial charge in [-0.15, -0.1) is 0 Å². The molecule has 5 heteroatoms. The highest BCUT2D eigenvalue weighted by Crippen LogP contribution is 2.19. The standard InChI is InChI=1S/C10H19NO2.C3H8.CH2O2/c1-8-6-5-7-11(8)9(12)13-10(2,3)4;1-3-2;2-1-3/h8H,5-7H2,1-4H3;3H2,1-2H3;1H,(H,2,3). The van der Waals surface area contributed by atoms with Crippen molar-refractivity contribution in [3.8, 4) is 0 Å². The van der Waals surface area contributed by atoms with E-state index in [4.69, 9.17) is 14.6 Å². The molecule has 114 valence electrons. The van der Waals surface area contributed by atoms with E-state index in [0.29, 0.717) is 6.04 Å². The summed E-state index contributed by atoms with van der Waals surface area (Å²) in [7, 11) is 0. The van der Waals surface area contributed by atoms with Crippen molar-refractivity contribution in [1.29, 1.82) is 0 Å². The zero-order valence-corrected chi connectivity index (χ0v) is 13.1. The van der Waals surface area contributed by atoms with Gasteiger partial charge in [0.25, 0.3) is 6.47 Å². The summed E-state index contributed by atoms with van der Waals surface area (Å²) in [6.45, 7) is 12.6. The van der Waals surface area contributed by atoms with Crippen LogP contribution in [0.5, 0.6) is 0 Å². The highest BCUT2D eigenvalue weighted by molar-refractivity contribution is 5.68. The van der Waals surface area contributed by atoms with Gasteiger partial charge >= 0.3 is 6.09 Å². The first-order chi connectivity index (χ1) is 8.73. The molecule has 0 aromatic rings. The average Bonchev–Trinajstić information content (AvgIpc) is 2.64. The second-order valence-corrected chi connectivity index (χ2v) is 5.48. The van der Waals surface area contributed by atoms with E-state index in [1.807, 2.05) is 25.7 Å². The lowest BCUT2D eigenvalue weighted by Gasteiger charge is -2.26. The van der Waals surface area contributed by atoms with E-state index in [9.17, 15) is 4.79 Å². The third-order valence-corrected chi connectivity index (χ3v) is 2.18. The van der Waals surface area contributed by atoms with Crippen molar-refractivity contribution < 1.29 is 19.4 Å². The van der Waals surface area contributed by atoms with Crippen LogP contribution in [0.15, 0.2) is 0 Å². The molecular formula is C14H29NO4. The molecule has 1 N–H and O–H groups in total. The van der Waals surface area contributed by atoms with Gasteiger partial charge in [-0.1, -0.05) is 20.3 Å². The Morgan fingerprint density at radius 2 is 1.84 bits per heavy atom. The van der Waals surface area contributed by atoms with Gasteiger partial charge in [0, 0.05) is 12.6 Å². The number of carboxylic acid groups (broad SMARTS) is 1. The first-order valence-corrected chi connectivity index (χ1v) is 6.80. The van der Waals surface area contributed by atoms with E-state index in [2.05, 4.69) is 20.8 Å². The van der Waals surface area contributed by atoms with Crippen LogP contribution in [0, 0.1) is 0 Å². The van der Waals surface area contributed by atoms with Gasteiger partial charge in [0.2, 0.25) is 0 Å². The summed E-state index contributed by atoms with van der Waals surface area (Å²) in [4.78, 5) is 21.7. The van der Waals surface area contributed by atoms with E-state index in [0.717, 1.165) is 19.4 Å². The number of carbonyl (C=O) groups excluding carboxylic acids is 1. The molecule has 0 aromatic carbocycles. The van der Waals surface area contributed by atoms with Gasteiger partial charge in [-0.3, -0.25) is 4.79 Å². The SMILES string of the molecule is CC1CCCN1C(=O)OC(C)(C)C.CCC.O=CO. The van der Waals surface area contributed by atoms with Gasteiger partial charge < -0.3 is 14.7 Å². The minimum Gasteiger partial charge on any atom is -0.483 e. The minimum atomic E-state index is -0.376. The summed E-state index contributed by atoms with van der Waals surface area (Å²) in [6.07, 6.45) is 3.28. The quantitative estimate of drug-likeness (QED) is 0.687. The molecule has 1 fully saturated rings. The number of amides is 1. The maximum absolute atomic E-state index is 11.6.